The van der Waals surface area contributed by atoms with Crippen LogP contribution in [0.1, 0.15) is 44.3 Å². The molecule has 2 heterocycles. The molecule has 0 bridgehead atoms. The Morgan fingerprint density at radius 3 is 2.67 bits per heavy atom. The van der Waals surface area contributed by atoms with Gasteiger partial charge < -0.3 is 24.3 Å². The quantitative estimate of drug-likeness (QED) is 0.843. The van der Waals surface area contributed by atoms with Crippen LogP contribution < -0.4 is 14.8 Å². The van der Waals surface area contributed by atoms with Crippen molar-refractivity contribution in [3.63, 3.8) is 0 Å². The lowest BCUT2D eigenvalue weighted by Crippen LogP contribution is -2.51. The SMILES string of the molecule is COc1cc([C@H]2C[C@@H](NC(C)=O)CC3(CCOCC3)O2)ccc1OC(F)F. The third kappa shape index (κ3) is 4.87. The molecular weight excluding hydrogens is 360 g/mol. The van der Waals surface area contributed by atoms with Gasteiger partial charge in [-0.15, -0.1) is 0 Å². The summed E-state index contributed by atoms with van der Waals surface area (Å²) >= 11 is 0. The standard InChI is InChI=1S/C19H25F2NO5/c1-12(23)22-14-10-16(27-19(11-14)5-7-25-8-6-19)13-3-4-15(26-18(20)21)17(9-13)24-2/h3-4,9,14,16,18H,5-8,10-11H2,1-2H3,(H,22,23)/t14-,16-/m1/s1. The summed E-state index contributed by atoms with van der Waals surface area (Å²) in [5, 5.41) is 3.00. The van der Waals surface area contributed by atoms with Crippen molar-refractivity contribution >= 4 is 5.91 Å². The molecule has 2 aliphatic rings. The second-order valence-electron chi connectivity index (χ2n) is 7.03. The molecule has 1 aromatic rings. The molecule has 150 valence electrons. The third-order valence-corrected chi connectivity index (χ3v) is 5.10. The maximum Gasteiger partial charge on any atom is 0.387 e. The molecule has 0 unspecified atom stereocenters. The first-order valence-corrected chi connectivity index (χ1v) is 9.06. The number of nitrogens with one attached hydrogen (secondary N) is 1. The number of hydrogen-bond donors (Lipinski definition) is 1. The first kappa shape index (κ1) is 19.8. The molecule has 1 amide bonds. The predicted molar refractivity (Wildman–Crippen MR) is 93.1 cm³/mol. The van der Waals surface area contributed by atoms with Gasteiger partial charge in [-0.1, -0.05) is 6.07 Å². The summed E-state index contributed by atoms with van der Waals surface area (Å²) in [6.07, 6.45) is 2.55. The highest BCUT2D eigenvalue weighted by atomic mass is 19.3. The number of carbonyl (C=O) groups is 1. The van der Waals surface area contributed by atoms with E-state index in [-0.39, 0.29) is 35.2 Å². The van der Waals surface area contributed by atoms with Crippen molar-refractivity contribution in [3.8, 4) is 11.5 Å². The Bertz CT molecular complexity index is 664. The van der Waals surface area contributed by atoms with Gasteiger partial charge in [-0.25, -0.2) is 0 Å². The molecule has 0 radical (unpaired) electrons. The van der Waals surface area contributed by atoms with Crippen LogP contribution in [-0.4, -0.2) is 44.5 Å². The van der Waals surface area contributed by atoms with E-state index < -0.39 is 6.61 Å². The van der Waals surface area contributed by atoms with E-state index in [1.165, 1.54) is 20.1 Å². The van der Waals surface area contributed by atoms with Crippen molar-refractivity contribution in [3.05, 3.63) is 23.8 Å². The van der Waals surface area contributed by atoms with E-state index in [2.05, 4.69) is 10.1 Å². The van der Waals surface area contributed by atoms with Gasteiger partial charge in [0.05, 0.1) is 18.8 Å². The van der Waals surface area contributed by atoms with Crippen molar-refractivity contribution in [2.75, 3.05) is 20.3 Å². The van der Waals surface area contributed by atoms with E-state index in [4.69, 9.17) is 14.2 Å². The summed E-state index contributed by atoms with van der Waals surface area (Å²) in [5.74, 6) is 0.117. The van der Waals surface area contributed by atoms with E-state index in [1.54, 1.807) is 12.1 Å². The van der Waals surface area contributed by atoms with Crippen LogP contribution in [-0.2, 0) is 14.3 Å². The zero-order chi connectivity index (χ0) is 19.4. The van der Waals surface area contributed by atoms with Gasteiger partial charge in [0.2, 0.25) is 5.91 Å². The van der Waals surface area contributed by atoms with Gasteiger partial charge in [0.25, 0.3) is 0 Å². The molecule has 1 aromatic carbocycles. The van der Waals surface area contributed by atoms with Crippen LogP contribution in [0.2, 0.25) is 0 Å². The molecule has 1 N–H and O–H groups in total. The predicted octanol–water partition coefficient (Wildman–Crippen LogP) is 3.20. The van der Waals surface area contributed by atoms with Gasteiger partial charge in [-0.3, -0.25) is 4.79 Å². The topological polar surface area (TPSA) is 66.0 Å². The van der Waals surface area contributed by atoms with Crippen LogP contribution in [0.3, 0.4) is 0 Å². The number of alkyl halides is 2. The molecule has 2 atom stereocenters. The Balaban J connectivity index is 1.85. The Labute approximate surface area is 157 Å². The van der Waals surface area contributed by atoms with Crippen molar-refractivity contribution in [1.82, 2.24) is 5.32 Å². The first-order chi connectivity index (χ1) is 12.9. The average Bonchev–Trinajstić information content (AvgIpc) is 2.61. The van der Waals surface area contributed by atoms with E-state index in [1.807, 2.05) is 0 Å². The highest BCUT2D eigenvalue weighted by molar-refractivity contribution is 5.73. The minimum Gasteiger partial charge on any atom is -0.493 e. The highest BCUT2D eigenvalue weighted by Gasteiger charge is 2.43. The Morgan fingerprint density at radius 1 is 1.30 bits per heavy atom. The summed E-state index contributed by atoms with van der Waals surface area (Å²) in [6.45, 7) is -0.195. The molecule has 1 spiro atoms. The molecule has 2 saturated heterocycles. The zero-order valence-electron chi connectivity index (χ0n) is 15.5. The number of ether oxygens (including phenoxy) is 4. The zero-order valence-corrected chi connectivity index (χ0v) is 15.5. The van der Waals surface area contributed by atoms with Crippen molar-refractivity contribution in [1.29, 1.82) is 0 Å². The summed E-state index contributed by atoms with van der Waals surface area (Å²) < 4.78 is 46.7. The Morgan fingerprint density at radius 2 is 2.04 bits per heavy atom. The van der Waals surface area contributed by atoms with Gasteiger partial charge >= 0.3 is 6.61 Å². The van der Waals surface area contributed by atoms with Gasteiger partial charge in [-0.2, -0.15) is 8.78 Å². The van der Waals surface area contributed by atoms with Gasteiger partial charge in [0.15, 0.2) is 11.5 Å². The van der Waals surface area contributed by atoms with E-state index in [9.17, 15) is 13.6 Å². The minimum absolute atomic E-state index is 0.0220. The Kier molecular flexibility index (Phi) is 6.16. The maximum atomic E-state index is 12.5. The summed E-state index contributed by atoms with van der Waals surface area (Å²) in [6, 6.07) is 4.80. The van der Waals surface area contributed by atoms with Crippen LogP contribution in [0.15, 0.2) is 18.2 Å². The lowest BCUT2D eigenvalue weighted by atomic mass is 9.81. The molecule has 8 heteroatoms. The number of rotatable bonds is 5. The van der Waals surface area contributed by atoms with Crippen LogP contribution >= 0.6 is 0 Å². The molecule has 0 saturated carbocycles. The summed E-state index contributed by atoms with van der Waals surface area (Å²) in [5.41, 5.74) is 0.439. The van der Waals surface area contributed by atoms with Crippen LogP contribution in [0.4, 0.5) is 8.78 Å². The summed E-state index contributed by atoms with van der Waals surface area (Å²) in [4.78, 5) is 11.6. The summed E-state index contributed by atoms with van der Waals surface area (Å²) in [7, 11) is 1.40. The number of amides is 1. The maximum absolute atomic E-state index is 12.5. The number of hydrogen-bond acceptors (Lipinski definition) is 5. The Hall–Kier alpha value is -1.93. The van der Waals surface area contributed by atoms with E-state index >= 15 is 0 Å². The normalized spacial score (nSPS) is 24.6. The van der Waals surface area contributed by atoms with Gasteiger partial charge in [0.1, 0.15) is 0 Å². The minimum atomic E-state index is -2.93. The van der Waals surface area contributed by atoms with Crippen LogP contribution in [0.5, 0.6) is 11.5 Å². The third-order valence-electron chi connectivity index (χ3n) is 5.10. The van der Waals surface area contributed by atoms with Crippen LogP contribution in [0.25, 0.3) is 0 Å². The fraction of sp³-hybridized carbons (Fsp3) is 0.632. The monoisotopic (exact) mass is 385 g/mol. The fourth-order valence-corrected chi connectivity index (χ4v) is 3.93. The lowest BCUT2D eigenvalue weighted by molar-refractivity contribution is -0.179. The number of carbonyl (C=O) groups excluding carboxylic acids is 1. The van der Waals surface area contributed by atoms with Crippen molar-refractivity contribution in [2.24, 2.45) is 0 Å². The number of benzene rings is 1. The lowest BCUT2D eigenvalue weighted by Gasteiger charge is -2.47. The fourth-order valence-electron chi connectivity index (χ4n) is 3.93. The second kappa shape index (κ2) is 8.39. The molecule has 27 heavy (non-hydrogen) atoms. The molecule has 2 aliphatic heterocycles. The molecule has 0 aromatic heterocycles. The molecule has 6 nitrogen and oxygen atoms in total. The van der Waals surface area contributed by atoms with Crippen molar-refractivity contribution in [2.45, 2.75) is 57.0 Å². The average molecular weight is 385 g/mol. The van der Waals surface area contributed by atoms with Crippen molar-refractivity contribution < 1.29 is 32.5 Å². The molecular formula is C19H25F2NO5. The smallest absolute Gasteiger partial charge is 0.387 e. The first-order valence-electron chi connectivity index (χ1n) is 9.06. The second-order valence-corrected chi connectivity index (χ2v) is 7.03. The number of methoxy groups -OCH3 is 1. The highest BCUT2D eigenvalue weighted by Crippen LogP contribution is 2.44. The molecule has 0 aliphatic carbocycles. The largest absolute Gasteiger partial charge is 0.493 e. The molecule has 3 rings (SSSR count). The van der Waals surface area contributed by atoms with E-state index in [0.717, 1.165) is 24.8 Å². The van der Waals surface area contributed by atoms with Gasteiger partial charge in [0, 0.05) is 26.2 Å². The molecule has 2 fully saturated rings. The number of halogens is 2. The van der Waals surface area contributed by atoms with Crippen LogP contribution in [0, 0.1) is 0 Å². The van der Waals surface area contributed by atoms with E-state index in [0.29, 0.717) is 19.6 Å². The van der Waals surface area contributed by atoms with Gasteiger partial charge in [-0.05, 0) is 43.4 Å².